The van der Waals surface area contributed by atoms with Gasteiger partial charge >= 0.3 is 0 Å². The summed E-state index contributed by atoms with van der Waals surface area (Å²) in [7, 11) is 1.57. The minimum absolute atomic E-state index is 0.0442. The lowest BCUT2D eigenvalue weighted by Crippen LogP contribution is -2.44. The zero-order valence-corrected chi connectivity index (χ0v) is 17.2. The Balaban J connectivity index is 1.49. The fraction of sp³-hybridized carbons (Fsp3) is 0.391. The van der Waals surface area contributed by atoms with Gasteiger partial charge in [-0.25, -0.2) is 0 Å². The second-order valence-electron chi connectivity index (χ2n) is 7.60. The molecule has 2 aliphatic rings. The Morgan fingerprint density at radius 1 is 1.10 bits per heavy atom. The molecule has 1 N–H and O–H groups in total. The Labute approximate surface area is 176 Å². The van der Waals surface area contributed by atoms with Gasteiger partial charge in [-0.1, -0.05) is 12.5 Å². The summed E-state index contributed by atoms with van der Waals surface area (Å²) in [6.45, 7) is 3.67. The first-order valence-corrected chi connectivity index (χ1v) is 10.4. The highest BCUT2D eigenvalue weighted by atomic mass is 16.5. The van der Waals surface area contributed by atoms with Crippen LogP contribution in [0.2, 0.25) is 0 Å². The fourth-order valence-corrected chi connectivity index (χ4v) is 3.92. The van der Waals surface area contributed by atoms with Gasteiger partial charge in [0.2, 0.25) is 0 Å². The van der Waals surface area contributed by atoms with Crippen LogP contribution in [0.15, 0.2) is 42.5 Å². The molecule has 1 saturated heterocycles. The lowest BCUT2D eigenvalue weighted by atomic mass is 10.1. The smallest absolute Gasteiger partial charge is 0.265 e. The molecular weight excluding hydrogens is 382 g/mol. The van der Waals surface area contributed by atoms with E-state index in [4.69, 9.17) is 9.47 Å². The van der Waals surface area contributed by atoms with Crippen molar-refractivity contribution in [3.63, 3.8) is 0 Å². The second-order valence-corrected chi connectivity index (χ2v) is 7.60. The van der Waals surface area contributed by atoms with Gasteiger partial charge in [0, 0.05) is 24.3 Å². The Kier molecular flexibility index (Phi) is 6.18. The third kappa shape index (κ3) is 4.57. The molecule has 7 heteroatoms. The number of fused-ring (bicyclic) bond motifs is 1. The van der Waals surface area contributed by atoms with Crippen molar-refractivity contribution in [2.45, 2.75) is 19.3 Å². The van der Waals surface area contributed by atoms with Crippen molar-refractivity contribution in [2.75, 3.05) is 50.1 Å². The van der Waals surface area contributed by atoms with Crippen molar-refractivity contribution in [2.24, 2.45) is 0 Å². The number of carbonyl (C=O) groups is 2. The molecule has 0 aliphatic carbocycles. The molecule has 2 aromatic carbocycles. The van der Waals surface area contributed by atoms with E-state index in [0.717, 1.165) is 19.6 Å². The lowest BCUT2D eigenvalue weighted by Gasteiger charge is -2.33. The zero-order valence-electron chi connectivity index (χ0n) is 17.2. The number of methoxy groups -OCH3 is 1. The van der Waals surface area contributed by atoms with Crippen molar-refractivity contribution in [3.05, 3.63) is 48.0 Å². The minimum atomic E-state index is -0.239. The van der Waals surface area contributed by atoms with Crippen molar-refractivity contribution in [1.82, 2.24) is 4.90 Å². The number of anilines is 2. The van der Waals surface area contributed by atoms with Crippen LogP contribution >= 0.6 is 0 Å². The van der Waals surface area contributed by atoms with Crippen LogP contribution < -0.4 is 19.7 Å². The summed E-state index contributed by atoms with van der Waals surface area (Å²) in [5.74, 6) is 0.983. The number of likely N-dealkylation sites (tertiary alicyclic amines) is 1. The molecule has 0 spiro atoms. The number of hydrogen-bond donors (Lipinski definition) is 1. The Morgan fingerprint density at radius 2 is 1.93 bits per heavy atom. The van der Waals surface area contributed by atoms with Crippen LogP contribution in [0, 0.1) is 0 Å². The van der Waals surface area contributed by atoms with Gasteiger partial charge in [0.1, 0.15) is 11.5 Å². The maximum atomic E-state index is 12.6. The van der Waals surface area contributed by atoms with E-state index in [0.29, 0.717) is 35.0 Å². The standard InChI is InChI=1S/C23H27N3O4/c1-29-19-7-5-6-17(14-19)23(28)24-18-8-9-21-20(15-18)26(22(27)16-30-21)13-12-25-10-3-2-4-11-25/h5-9,14-15H,2-4,10-13,16H2,1H3,(H,24,28). The van der Waals surface area contributed by atoms with Gasteiger partial charge in [0.15, 0.2) is 6.61 Å². The summed E-state index contributed by atoms with van der Waals surface area (Å²) in [5.41, 5.74) is 1.82. The molecule has 2 aromatic rings. The molecule has 1 fully saturated rings. The molecule has 2 heterocycles. The number of hydrogen-bond acceptors (Lipinski definition) is 5. The van der Waals surface area contributed by atoms with E-state index in [9.17, 15) is 9.59 Å². The number of benzene rings is 2. The van der Waals surface area contributed by atoms with E-state index < -0.39 is 0 Å². The number of amides is 2. The summed E-state index contributed by atoms with van der Waals surface area (Å²) in [6, 6.07) is 12.4. The van der Waals surface area contributed by atoms with Crippen molar-refractivity contribution < 1.29 is 19.1 Å². The summed E-state index contributed by atoms with van der Waals surface area (Å²) < 4.78 is 10.8. The predicted molar refractivity (Wildman–Crippen MR) is 116 cm³/mol. The predicted octanol–water partition coefficient (Wildman–Crippen LogP) is 3.16. The topological polar surface area (TPSA) is 71.1 Å². The Morgan fingerprint density at radius 3 is 2.73 bits per heavy atom. The number of ether oxygens (including phenoxy) is 2. The number of nitrogens with one attached hydrogen (secondary N) is 1. The number of nitrogens with zero attached hydrogens (tertiary/aromatic N) is 2. The van der Waals surface area contributed by atoms with E-state index in [1.807, 2.05) is 0 Å². The quantitative estimate of drug-likeness (QED) is 0.794. The van der Waals surface area contributed by atoms with Gasteiger partial charge in [0.05, 0.1) is 12.8 Å². The van der Waals surface area contributed by atoms with E-state index in [-0.39, 0.29) is 18.4 Å². The van der Waals surface area contributed by atoms with Gasteiger partial charge in [-0.2, -0.15) is 0 Å². The van der Waals surface area contributed by atoms with Gasteiger partial charge < -0.3 is 24.6 Å². The molecule has 30 heavy (non-hydrogen) atoms. The SMILES string of the molecule is COc1cccc(C(=O)Nc2ccc3c(c2)N(CCN2CCCCC2)C(=O)CO3)c1. The first-order chi connectivity index (χ1) is 14.6. The van der Waals surface area contributed by atoms with Crippen molar-refractivity contribution in [3.8, 4) is 11.5 Å². The molecule has 158 valence electrons. The van der Waals surface area contributed by atoms with Crippen LogP contribution in [0.3, 0.4) is 0 Å². The molecule has 0 atom stereocenters. The third-order valence-corrected chi connectivity index (χ3v) is 5.58. The summed E-state index contributed by atoms with van der Waals surface area (Å²) in [5, 5.41) is 2.90. The van der Waals surface area contributed by atoms with Crippen LogP contribution in [-0.2, 0) is 4.79 Å². The molecule has 0 unspecified atom stereocenters. The molecule has 0 bridgehead atoms. The van der Waals surface area contributed by atoms with Crippen molar-refractivity contribution in [1.29, 1.82) is 0 Å². The number of piperidine rings is 1. The van der Waals surface area contributed by atoms with Crippen LogP contribution in [-0.4, -0.2) is 56.6 Å². The average Bonchev–Trinajstić information content (AvgIpc) is 2.79. The van der Waals surface area contributed by atoms with E-state index >= 15 is 0 Å². The average molecular weight is 409 g/mol. The first-order valence-electron chi connectivity index (χ1n) is 10.4. The molecular formula is C23H27N3O4. The largest absolute Gasteiger partial charge is 0.497 e. The van der Waals surface area contributed by atoms with Crippen LogP contribution in [0.5, 0.6) is 11.5 Å². The van der Waals surface area contributed by atoms with Gasteiger partial charge in [-0.15, -0.1) is 0 Å². The summed E-state index contributed by atoms with van der Waals surface area (Å²) in [4.78, 5) is 29.4. The molecule has 7 nitrogen and oxygen atoms in total. The highest BCUT2D eigenvalue weighted by Crippen LogP contribution is 2.34. The van der Waals surface area contributed by atoms with Crippen LogP contribution in [0.4, 0.5) is 11.4 Å². The maximum absolute atomic E-state index is 12.6. The summed E-state index contributed by atoms with van der Waals surface area (Å²) in [6.07, 6.45) is 3.72. The number of rotatable bonds is 6. The second kappa shape index (κ2) is 9.17. The molecule has 2 amide bonds. The lowest BCUT2D eigenvalue weighted by molar-refractivity contribution is -0.121. The van der Waals surface area contributed by atoms with Gasteiger partial charge in [0.25, 0.3) is 11.8 Å². The zero-order chi connectivity index (χ0) is 20.9. The third-order valence-electron chi connectivity index (χ3n) is 5.58. The molecule has 4 rings (SSSR count). The monoisotopic (exact) mass is 409 g/mol. The first kappa shape index (κ1) is 20.2. The number of carbonyl (C=O) groups excluding carboxylic acids is 2. The van der Waals surface area contributed by atoms with Gasteiger partial charge in [-0.3, -0.25) is 9.59 Å². The van der Waals surface area contributed by atoms with Gasteiger partial charge in [-0.05, 0) is 62.3 Å². The fourth-order valence-electron chi connectivity index (χ4n) is 3.92. The maximum Gasteiger partial charge on any atom is 0.265 e. The Bertz CT molecular complexity index is 924. The van der Waals surface area contributed by atoms with E-state index in [2.05, 4.69) is 10.2 Å². The highest BCUT2D eigenvalue weighted by molar-refractivity contribution is 6.05. The minimum Gasteiger partial charge on any atom is -0.497 e. The Hall–Kier alpha value is -3.06. The molecule has 0 aromatic heterocycles. The molecule has 0 saturated carbocycles. The normalized spacial score (nSPS) is 16.6. The molecule has 0 radical (unpaired) electrons. The van der Waals surface area contributed by atoms with Crippen LogP contribution in [0.1, 0.15) is 29.6 Å². The van der Waals surface area contributed by atoms with Crippen LogP contribution in [0.25, 0.3) is 0 Å². The van der Waals surface area contributed by atoms with Crippen molar-refractivity contribution >= 4 is 23.2 Å². The molecule has 2 aliphatic heterocycles. The van der Waals surface area contributed by atoms with E-state index in [1.165, 1.54) is 19.3 Å². The summed E-state index contributed by atoms with van der Waals surface area (Å²) >= 11 is 0. The highest BCUT2D eigenvalue weighted by Gasteiger charge is 2.26. The van der Waals surface area contributed by atoms with E-state index in [1.54, 1.807) is 54.5 Å².